The molecule has 1 aliphatic rings. The predicted octanol–water partition coefficient (Wildman–Crippen LogP) is 2.00. The van der Waals surface area contributed by atoms with Crippen LogP contribution in [0.1, 0.15) is 38.1 Å². The number of rotatable bonds is 6. The zero-order chi connectivity index (χ0) is 16.1. The van der Waals surface area contributed by atoms with E-state index < -0.39 is 0 Å². The zero-order valence-electron chi connectivity index (χ0n) is 13.4. The van der Waals surface area contributed by atoms with E-state index >= 15 is 0 Å². The summed E-state index contributed by atoms with van der Waals surface area (Å²) in [7, 11) is 0. The summed E-state index contributed by atoms with van der Waals surface area (Å²) < 4.78 is 7.25. The van der Waals surface area contributed by atoms with Gasteiger partial charge in [0.1, 0.15) is 0 Å². The van der Waals surface area contributed by atoms with Crippen molar-refractivity contribution >= 4 is 11.7 Å². The van der Waals surface area contributed by atoms with Gasteiger partial charge in [-0.25, -0.2) is 4.79 Å². The van der Waals surface area contributed by atoms with Gasteiger partial charge in [-0.1, -0.05) is 6.07 Å². The van der Waals surface area contributed by atoms with Crippen LogP contribution in [0.2, 0.25) is 0 Å². The number of aromatic nitrogens is 3. The van der Waals surface area contributed by atoms with Crippen molar-refractivity contribution < 1.29 is 9.53 Å². The molecule has 0 radical (unpaired) electrons. The van der Waals surface area contributed by atoms with Gasteiger partial charge < -0.3 is 15.0 Å². The lowest BCUT2D eigenvalue weighted by atomic mass is 10.2. The minimum Gasteiger partial charge on any atom is -0.382 e. The first kappa shape index (κ1) is 15.7. The summed E-state index contributed by atoms with van der Waals surface area (Å²) in [5, 5.41) is 11.5. The number of urea groups is 1. The van der Waals surface area contributed by atoms with Crippen molar-refractivity contribution in [1.82, 2.24) is 24.8 Å². The van der Waals surface area contributed by atoms with E-state index in [1.807, 2.05) is 40.6 Å². The van der Waals surface area contributed by atoms with E-state index in [1.165, 1.54) is 0 Å². The van der Waals surface area contributed by atoms with E-state index in [2.05, 4.69) is 15.5 Å². The van der Waals surface area contributed by atoms with Crippen LogP contribution in [0.15, 0.2) is 24.4 Å². The van der Waals surface area contributed by atoms with Gasteiger partial charge in [-0.2, -0.15) is 0 Å². The Hall–Kier alpha value is -2.15. The standard InChI is InChI=1S/C16H23N5O2/c1-2-23-12-6-9-17-16(22)20-11-5-7-13(20)15-19-18-14-8-3-4-10-21(14)15/h3-4,8,10,13H,2,5-7,9,11-12H2,1H3,(H,17,22)/t13-/m1/s1. The Labute approximate surface area is 135 Å². The lowest BCUT2D eigenvalue weighted by Crippen LogP contribution is -2.40. The molecule has 0 unspecified atom stereocenters. The summed E-state index contributed by atoms with van der Waals surface area (Å²) in [6.45, 7) is 4.74. The molecule has 0 saturated carbocycles. The summed E-state index contributed by atoms with van der Waals surface area (Å²) >= 11 is 0. The molecule has 2 aromatic rings. The van der Waals surface area contributed by atoms with E-state index in [4.69, 9.17) is 4.74 Å². The van der Waals surface area contributed by atoms with Gasteiger partial charge in [-0.3, -0.25) is 4.40 Å². The van der Waals surface area contributed by atoms with Crippen LogP contribution in [0.5, 0.6) is 0 Å². The van der Waals surface area contributed by atoms with Gasteiger partial charge in [-0.05, 0) is 38.3 Å². The summed E-state index contributed by atoms with van der Waals surface area (Å²) in [6.07, 6.45) is 4.67. The van der Waals surface area contributed by atoms with Crippen LogP contribution in [-0.4, -0.2) is 51.8 Å². The highest BCUT2D eigenvalue weighted by molar-refractivity contribution is 5.75. The van der Waals surface area contributed by atoms with Gasteiger partial charge >= 0.3 is 6.03 Å². The van der Waals surface area contributed by atoms with Gasteiger partial charge in [-0.15, -0.1) is 10.2 Å². The molecule has 0 spiro atoms. The number of hydrogen-bond donors (Lipinski definition) is 1. The maximum atomic E-state index is 12.4. The molecular formula is C16H23N5O2. The highest BCUT2D eigenvalue weighted by Gasteiger charge is 2.33. The van der Waals surface area contributed by atoms with Crippen molar-refractivity contribution in [2.24, 2.45) is 0 Å². The first-order valence-corrected chi connectivity index (χ1v) is 8.23. The molecule has 1 atom stereocenters. The third-order valence-corrected chi connectivity index (χ3v) is 4.10. The molecule has 2 amide bonds. The smallest absolute Gasteiger partial charge is 0.318 e. The number of carbonyl (C=O) groups is 1. The Kier molecular flexibility index (Phi) is 5.07. The fourth-order valence-electron chi connectivity index (χ4n) is 2.98. The molecule has 1 saturated heterocycles. The van der Waals surface area contributed by atoms with Crippen molar-refractivity contribution in [2.45, 2.75) is 32.2 Å². The fraction of sp³-hybridized carbons (Fsp3) is 0.562. The molecule has 23 heavy (non-hydrogen) atoms. The number of pyridine rings is 1. The van der Waals surface area contributed by atoms with Crippen LogP contribution in [0.4, 0.5) is 4.79 Å². The zero-order valence-corrected chi connectivity index (χ0v) is 13.4. The van der Waals surface area contributed by atoms with Crippen molar-refractivity contribution in [3.63, 3.8) is 0 Å². The molecule has 1 aliphatic heterocycles. The van der Waals surface area contributed by atoms with E-state index in [1.54, 1.807) is 0 Å². The molecule has 1 N–H and O–H groups in total. The van der Waals surface area contributed by atoms with Crippen molar-refractivity contribution in [3.05, 3.63) is 30.2 Å². The Morgan fingerprint density at radius 3 is 3.22 bits per heavy atom. The first-order chi connectivity index (χ1) is 11.3. The Morgan fingerprint density at radius 1 is 1.43 bits per heavy atom. The monoisotopic (exact) mass is 317 g/mol. The highest BCUT2D eigenvalue weighted by atomic mass is 16.5. The molecule has 3 heterocycles. The Morgan fingerprint density at radius 2 is 2.35 bits per heavy atom. The van der Waals surface area contributed by atoms with E-state index in [0.29, 0.717) is 19.8 Å². The second kappa shape index (κ2) is 7.41. The summed E-state index contributed by atoms with van der Waals surface area (Å²) in [5.41, 5.74) is 0.812. The van der Waals surface area contributed by atoms with E-state index in [-0.39, 0.29) is 12.1 Å². The van der Waals surface area contributed by atoms with Gasteiger partial charge in [0, 0.05) is 32.5 Å². The van der Waals surface area contributed by atoms with Crippen LogP contribution >= 0.6 is 0 Å². The molecule has 0 aliphatic carbocycles. The number of likely N-dealkylation sites (tertiary alicyclic amines) is 1. The molecule has 7 nitrogen and oxygen atoms in total. The highest BCUT2D eigenvalue weighted by Crippen LogP contribution is 2.30. The lowest BCUT2D eigenvalue weighted by Gasteiger charge is -2.23. The Bertz CT molecular complexity index is 657. The third kappa shape index (κ3) is 3.44. The molecule has 2 aromatic heterocycles. The van der Waals surface area contributed by atoms with Crippen LogP contribution in [0, 0.1) is 0 Å². The molecule has 124 valence electrons. The van der Waals surface area contributed by atoms with Gasteiger partial charge in [0.25, 0.3) is 0 Å². The first-order valence-electron chi connectivity index (χ1n) is 8.23. The van der Waals surface area contributed by atoms with E-state index in [9.17, 15) is 4.79 Å². The minimum absolute atomic E-state index is 0.0145. The van der Waals surface area contributed by atoms with E-state index in [0.717, 1.165) is 37.3 Å². The number of amides is 2. The maximum absolute atomic E-state index is 12.4. The average Bonchev–Trinajstić information content (AvgIpc) is 3.20. The molecule has 0 aromatic carbocycles. The van der Waals surface area contributed by atoms with Crippen molar-refractivity contribution in [1.29, 1.82) is 0 Å². The van der Waals surface area contributed by atoms with Crippen molar-refractivity contribution in [3.8, 4) is 0 Å². The molecule has 3 rings (SSSR count). The van der Waals surface area contributed by atoms with Crippen LogP contribution in [-0.2, 0) is 4.74 Å². The second-order valence-corrected chi connectivity index (χ2v) is 5.62. The largest absolute Gasteiger partial charge is 0.382 e. The predicted molar refractivity (Wildman–Crippen MR) is 86.2 cm³/mol. The molecular weight excluding hydrogens is 294 g/mol. The maximum Gasteiger partial charge on any atom is 0.318 e. The topological polar surface area (TPSA) is 71.8 Å². The fourth-order valence-corrected chi connectivity index (χ4v) is 2.98. The number of hydrogen-bond acceptors (Lipinski definition) is 4. The quantitative estimate of drug-likeness (QED) is 0.827. The van der Waals surface area contributed by atoms with Gasteiger partial charge in [0.05, 0.1) is 6.04 Å². The summed E-state index contributed by atoms with van der Waals surface area (Å²) in [6, 6.07) is 5.76. The lowest BCUT2D eigenvalue weighted by molar-refractivity contribution is 0.143. The molecule has 1 fully saturated rings. The van der Waals surface area contributed by atoms with Gasteiger partial charge in [0.15, 0.2) is 11.5 Å². The Balaban J connectivity index is 1.64. The minimum atomic E-state index is -0.0309. The SMILES string of the molecule is CCOCCCNC(=O)N1CCC[C@@H]1c1nnc2ccccn12. The van der Waals surface area contributed by atoms with Crippen molar-refractivity contribution in [2.75, 3.05) is 26.3 Å². The van der Waals surface area contributed by atoms with Crippen LogP contribution < -0.4 is 5.32 Å². The summed E-state index contributed by atoms with van der Waals surface area (Å²) in [5.74, 6) is 0.836. The second-order valence-electron chi connectivity index (χ2n) is 5.62. The normalized spacial score (nSPS) is 17.8. The van der Waals surface area contributed by atoms with Crippen LogP contribution in [0.25, 0.3) is 5.65 Å². The number of carbonyl (C=O) groups excluding carboxylic acids is 1. The van der Waals surface area contributed by atoms with Crippen LogP contribution in [0.3, 0.4) is 0 Å². The van der Waals surface area contributed by atoms with Gasteiger partial charge in [0.2, 0.25) is 0 Å². The summed E-state index contributed by atoms with van der Waals surface area (Å²) in [4.78, 5) is 14.3. The molecule has 7 heteroatoms. The number of nitrogens with zero attached hydrogens (tertiary/aromatic N) is 4. The molecule has 0 bridgehead atoms. The number of nitrogens with one attached hydrogen (secondary N) is 1. The number of fused-ring (bicyclic) bond motifs is 1. The number of ether oxygens (including phenoxy) is 1. The average molecular weight is 317 g/mol. The third-order valence-electron chi connectivity index (χ3n) is 4.10.